The van der Waals surface area contributed by atoms with Gasteiger partial charge in [0.1, 0.15) is 11.6 Å². The number of hydrogen-bond acceptors (Lipinski definition) is 4. The van der Waals surface area contributed by atoms with Gasteiger partial charge in [0.2, 0.25) is 6.79 Å². The summed E-state index contributed by atoms with van der Waals surface area (Å²) in [6.45, 7) is 1.05. The summed E-state index contributed by atoms with van der Waals surface area (Å²) in [6.07, 6.45) is 0. The molecule has 2 aliphatic rings. The maximum atomic E-state index is 13.7. The lowest BCUT2D eigenvalue weighted by atomic mass is 9.90. The summed E-state index contributed by atoms with van der Waals surface area (Å²) in [5.41, 5.74) is 4.28. The van der Waals surface area contributed by atoms with Crippen molar-refractivity contribution in [3.05, 3.63) is 89.2 Å². The van der Waals surface area contributed by atoms with Gasteiger partial charge in [-0.1, -0.05) is 30.3 Å². The Kier molecular flexibility index (Phi) is 4.47. The van der Waals surface area contributed by atoms with Gasteiger partial charge in [-0.15, -0.1) is 0 Å². The lowest BCUT2D eigenvalue weighted by molar-refractivity contribution is 0.0765. The van der Waals surface area contributed by atoms with E-state index in [1.165, 1.54) is 12.1 Å². The molecule has 0 bridgehead atoms. The second-order valence-electron chi connectivity index (χ2n) is 8.18. The minimum atomic E-state index is -0.304. The number of amides is 1. The van der Waals surface area contributed by atoms with E-state index in [0.29, 0.717) is 30.2 Å². The van der Waals surface area contributed by atoms with Crippen molar-refractivity contribution in [2.75, 3.05) is 13.9 Å². The Morgan fingerprint density at radius 2 is 1.76 bits per heavy atom. The third-order valence-electron chi connectivity index (χ3n) is 6.29. The molecule has 4 aromatic rings. The maximum absolute atomic E-state index is 13.7. The van der Waals surface area contributed by atoms with Crippen molar-refractivity contribution in [1.82, 2.24) is 4.90 Å². The van der Waals surface area contributed by atoms with Gasteiger partial charge in [0, 0.05) is 24.2 Å². The lowest BCUT2D eigenvalue weighted by Crippen LogP contribution is -2.23. The minimum Gasteiger partial charge on any atom is -0.496 e. The molecule has 0 unspecified atom stereocenters. The topological polar surface area (TPSA) is 48.0 Å². The van der Waals surface area contributed by atoms with Crippen molar-refractivity contribution in [3.63, 3.8) is 0 Å². The highest BCUT2D eigenvalue weighted by molar-refractivity contribution is 6.09. The molecule has 0 saturated carbocycles. The van der Waals surface area contributed by atoms with Crippen LogP contribution < -0.4 is 14.2 Å². The second-order valence-corrected chi connectivity index (χ2v) is 8.18. The molecule has 1 amide bonds. The van der Waals surface area contributed by atoms with Gasteiger partial charge in [0.05, 0.1) is 7.11 Å². The van der Waals surface area contributed by atoms with Gasteiger partial charge in [0.15, 0.2) is 11.5 Å². The van der Waals surface area contributed by atoms with Crippen molar-refractivity contribution < 1.29 is 23.4 Å². The fourth-order valence-corrected chi connectivity index (χ4v) is 4.73. The summed E-state index contributed by atoms with van der Waals surface area (Å²) in [5, 5.41) is 1.82. The number of halogens is 1. The third kappa shape index (κ3) is 3.18. The van der Waals surface area contributed by atoms with Crippen LogP contribution in [0.2, 0.25) is 0 Å². The van der Waals surface area contributed by atoms with E-state index in [-0.39, 0.29) is 18.5 Å². The van der Waals surface area contributed by atoms with Crippen LogP contribution in [-0.2, 0) is 13.1 Å². The first-order valence-electron chi connectivity index (χ1n) is 10.7. The van der Waals surface area contributed by atoms with E-state index in [1.54, 1.807) is 19.2 Å². The number of methoxy groups -OCH3 is 1. The first kappa shape index (κ1) is 19.6. The monoisotopic (exact) mass is 441 g/mol. The molecule has 6 rings (SSSR count). The van der Waals surface area contributed by atoms with Crippen LogP contribution in [0.4, 0.5) is 4.39 Å². The minimum absolute atomic E-state index is 0.0427. The van der Waals surface area contributed by atoms with E-state index in [1.807, 2.05) is 47.4 Å². The molecule has 33 heavy (non-hydrogen) atoms. The van der Waals surface area contributed by atoms with Crippen molar-refractivity contribution in [3.8, 4) is 28.4 Å². The molecule has 0 atom stereocenters. The molecule has 2 aliphatic heterocycles. The van der Waals surface area contributed by atoms with E-state index in [4.69, 9.17) is 14.2 Å². The predicted molar refractivity (Wildman–Crippen MR) is 122 cm³/mol. The van der Waals surface area contributed by atoms with E-state index < -0.39 is 0 Å². The molecule has 0 aromatic heterocycles. The fourth-order valence-electron chi connectivity index (χ4n) is 4.73. The predicted octanol–water partition coefficient (Wildman–Crippen LogP) is 5.54. The average molecular weight is 441 g/mol. The number of carbonyl (C=O) groups excluding carboxylic acids is 1. The molecular formula is C27H20FNO4. The summed E-state index contributed by atoms with van der Waals surface area (Å²) < 4.78 is 30.3. The summed E-state index contributed by atoms with van der Waals surface area (Å²) in [5.74, 6) is 1.72. The number of carbonyl (C=O) groups is 1. The van der Waals surface area contributed by atoms with Crippen molar-refractivity contribution in [1.29, 1.82) is 0 Å². The Hall–Kier alpha value is -4.06. The van der Waals surface area contributed by atoms with Gasteiger partial charge in [-0.05, 0) is 63.9 Å². The van der Waals surface area contributed by atoms with Crippen molar-refractivity contribution in [2.45, 2.75) is 13.1 Å². The van der Waals surface area contributed by atoms with E-state index in [0.717, 1.165) is 38.8 Å². The van der Waals surface area contributed by atoms with E-state index >= 15 is 0 Å². The summed E-state index contributed by atoms with van der Waals surface area (Å²) in [6, 6.07) is 19.9. The number of para-hydroxylation sites is 1. The molecule has 0 saturated heterocycles. The van der Waals surface area contributed by atoms with Crippen LogP contribution in [0, 0.1) is 5.82 Å². The number of hydrogen-bond donors (Lipinski definition) is 0. The molecule has 0 fully saturated rings. The molecule has 6 heteroatoms. The number of rotatable bonds is 4. The Labute approximate surface area is 189 Å². The Bertz CT molecular complexity index is 1410. The largest absolute Gasteiger partial charge is 0.496 e. The summed E-state index contributed by atoms with van der Waals surface area (Å²) in [4.78, 5) is 15.3. The first-order valence-corrected chi connectivity index (χ1v) is 10.7. The maximum Gasteiger partial charge on any atom is 0.254 e. The zero-order valence-electron chi connectivity index (χ0n) is 17.9. The SMILES string of the molecule is COc1ccccc1CN1Cc2c(cc3cc4c(cc3c2-c2ccc(F)cc2)OCO4)C1=O. The molecule has 5 nitrogen and oxygen atoms in total. The summed E-state index contributed by atoms with van der Waals surface area (Å²) in [7, 11) is 1.63. The third-order valence-corrected chi connectivity index (χ3v) is 6.29. The highest BCUT2D eigenvalue weighted by Crippen LogP contribution is 2.44. The Morgan fingerprint density at radius 1 is 1.00 bits per heavy atom. The molecule has 2 heterocycles. The highest BCUT2D eigenvalue weighted by Gasteiger charge is 2.32. The molecule has 0 spiro atoms. The van der Waals surface area contributed by atoms with E-state index in [2.05, 4.69) is 0 Å². The van der Waals surface area contributed by atoms with Crippen LogP contribution >= 0.6 is 0 Å². The Morgan fingerprint density at radius 3 is 2.55 bits per heavy atom. The quantitative estimate of drug-likeness (QED) is 0.417. The smallest absolute Gasteiger partial charge is 0.254 e. The van der Waals surface area contributed by atoms with Crippen molar-refractivity contribution >= 4 is 16.7 Å². The van der Waals surface area contributed by atoms with Crippen LogP contribution in [0.3, 0.4) is 0 Å². The zero-order chi connectivity index (χ0) is 22.5. The van der Waals surface area contributed by atoms with Gasteiger partial charge in [-0.25, -0.2) is 4.39 Å². The van der Waals surface area contributed by atoms with Crippen LogP contribution in [-0.4, -0.2) is 24.7 Å². The first-order chi connectivity index (χ1) is 16.1. The molecule has 0 aliphatic carbocycles. The standard InChI is InChI=1S/C27H20FNO4/c1-31-23-5-3-2-4-17(23)13-29-14-22-21(27(29)30)10-18-11-24-25(33-15-32-24)12-20(18)26(22)16-6-8-19(28)9-7-16/h2-12H,13-15H2,1H3. The van der Waals surface area contributed by atoms with Gasteiger partial charge < -0.3 is 19.1 Å². The van der Waals surface area contributed by atoms with Gasteiger partial charge in [-0.2, -0.15) is 0 Å². The molecule has 0 radical (unpaired) electrons. The number of fused-ring (bicyclic) bond motifs is 3. The van der Waals surface area contributed by atoms with Gasteiger partial charge in [-0.3, -0.25) is 4.79 Å². The molecule has 4 aromatic carbocycles. The van der Waals surface area contributed by atoms with E-state index in [9.17, 15) is 9.18 Å². The van der Waals surface area contributed by atoms with Crippen LogP contribution in [0.15, 0.2) is 66.7 Å². The zero-order valence-corrected chi connectivity index (χ0v) is 17.9. The lowest BCUT2D eigenvalue weighted by Gasteiger charge is -2.18. The number of nitrogens with zero attached hydrogens (tertiary/aromatic N) is 1. The molecular weight excluding hydrogens is 421 g/mol. The second kappa shape index (κ2) is 7.52. The molecule has 164 valence electrons. The summed E-state index contributed by atoms with van der Waals surface area (Å²) >= 11 is 0. The number of ether oxygens (including phenoxy) is 3. The normalized spacial score (nSPS) is 14.1. The molecule has 0 N–H and O–H groups in total. The average Bonchev–Trinajstić information content (AvgIpc) is 3.41. The van der Waals surface area contributed by atoms with Gasteiger partial charge >= 0.3 is 0 Å². The fraction of sp³-hybridized carbons (Fsp3) is 0.148. The number of benzene rings is 4. The Balaban J connectivity index is 1.52. The van der Waals surface area contributed by atoms with Crippen LogP contribution in [0.25, 0.3) is 21.9 Å². The highest BCUT2D eigenvalue weighted by atomic mass is 19.1. The van der Waals surface area contributed by atoms with Crippen LogP contribution in [0.5, 0.6) is 17.2 Å². The van der Waals surface area contributed by atoms with Gasteiger partial charge in [0.25, 0.3) is 5.91 Å². The van der Waals surface area contributed by atoms with Crippen LogP contribution in [0.1, 0.15) is 21.5 Å². The van der Waals surface area contributed by atoms with Crippen molar-refractivity contribution in [2.24, 2.45) is 0 Å².